The minimum Gasteiger partial charge on any atom is -0.343 e. The smallest absolute Gasteiger partial charge is 0.251 e. The predicted octanol–water partition coefficient (Wildman–Crippen LogP) is 2.64. The summed E-state index contributed by atoms with van der Waals surface area (Å²) in [4.78, 5) is 30.8. The number of rotatable bonds is 5. The second kappa shape index (κ2) is 8.08. The van der Waals surface area contributed by atoms with Crippen LogP contribution in [0.25, 0.3) is 0 Å². The number of amides is 2. The molecule has 3 aromatic rings. The van der Waals surface area contributed by atoms with Crippen molar-refractivity contribution in [2.75, 3.05) is 18.0 Å². The van der Waals surface area contributed by atoms with Gasteiger partial charge in [0.2, 0.25) is 5.91 Å². The molecule has 0 saturated carbocycles. The Morgan fingerprint density at radius 2 is 1.89 bits per heavy atom. The molecule has 0 saturated heterocycles. The number of hydrogen-bond donors (Lipinski definition) is 1. The van der Waals surface area contributed by atoms with Gasteiger partial charge in [-0.05, 0) is 42.2 Å². The van der Waals surface area contributed by atoms with Crippen LogP contribution in [-0.4, -0.2) is 34.5 Å². The van der Waals surface area contributed by atoms with Crippen LogP contribution in [0.3, 0.4) is 0 Å². The molecule has 2 amide bonds. The van der Waals surface area contributed by atoms with E-state index in [-0.39, 0.29) is 18.4 Å². The summed E-state index contributed by atoms with van der Waals surface area (Å²) in [5.41, 5.74) is 3.76. The molecule has 0 bridgehead atoms. The van der Waals surface area contributed by atoms with Crippen molar-refractivity contribution < 1.29 is 9.59 Å². The lowest BCUT2D eigenvalue weighted by Crippen LogP contribution is -2.42. The maximum atomic E-state index is 12.6. The summed E-state index contributed by atoms with van der Waals surface area (Å²) in [6.45, 7) is 1.38. The van der Waals surface area contributed by atoms with E-state index in [1.807, 2.05) is 41.1 Å². The number of para-hydroxylation sites is 1. The Balaban J connectivity index is 1.35. The molecular weight excluding hydrogens is 352 g/mol. The molecule has 0 aliphatic carbocycles. The average molecular weight is 374 g/mol. The summed E-state index contributed by atoms with van der Waals surface area (Å²) in [7, 11) is 0. The first-order chi connectivity index (χ1) is 13.7. The lowest BCUT2D eigenvalue weighted by atomic mass is 10.0. The fourth-order valence-electron chi connectivity index (χ4n) is 3.50. The number of carbonyl (C=O) groups is 2. The summed E-state index contributed by atoms with van der Waals surface area (Å²) in [5, 5.41) is 2.75. The van der Waals surface area contributed by atoms with E-state index >= 15 is 0 Å². The maximum Gasteiger partial charge on any atom is 0.251 e. The van der Waals surface area contributed by atoms with Gasteiger partial charge in [-0.1, -0.05) is 30.3 Å². The Hall–Kier alpha value is -3.41. The number of benzene rings is 2. The molecule has 2 aromatic carbocycles. The summed E-state index contributed by atoms with van der Waals surface area (Å²) in [6.07, 6.45) is 7.31. The van der Waals surface area contributed by atoms with E-state index in [2.05, 4.69) is 16.4 Å². The molecule has 142 valence electrons. The van der Waals surface area contributed by atoms with Gasteiger partial charge in [0.1, 0.15) is 0 Å². The van der Waals surface area contributed by atoms with Gasteiger partial charge in [-0.25, -0.2) is 4.98 Å². The summed E-state index contributed by atoms with van der Waals surface area (Å²) < 4.78 is 1.96. The topological polar surface area (TPSA) is 67.2 Å². The minimum absolute atomic E-state index is 0.00996. The number of aromatic nitrogens is 2. The van der Waals surface area contributed by atoms with Crippen molar-refractivity contribution in [2.45, 2.75) is 19.4 Å². The molecular formula is C22H22N4O2. The van der Waals surface area contributed by atoms with E-state index in [1.54, 1.807) is 29.6 Å². The normalized spacial score (nSPS) is 13.1. The van der Waals surface area contributed by atoms with Crippen molar-refractivity contribution in [3.05, 3.63) is 83.9 Å². The van der Waals surface area contributed by atoms with E-state index in [4.69, 9.17) is 0 Å². The summed E-state index contributed by atoms with van der Waals surface area (Å²) in [5.74, 6) is -0.329. The van der Waals surface area contributed by atoms with Gasteiger partial charge < -0.3 is 14.8 Å². The van der Waals surface area contributed by atoms with Crippen LogP contribution in [0.5, 0.6) is 0 Å². The van der Waals surface area contributed by atoms with Crippen molar-refractivity contribution in [3.63, 3.8) is 0 Å². The first kappa shape index (κ1) is 18.0. The SMILES string of the molecule is O=C(NCC(=O)N1CCCc2ccccc21)c1ccc(Cn2ccnc2)cc1. The molecule has 6 nitrogen and oxygen atoms in total. The van der Waals surface area contributed by atoms with Crippen LogP contribution in [0, 0.1) is 0 Å². The Morgan fingerprint density at radius 3 is 2.68 bits per heavy atom. The van der Waals surface area contributed by atoms with E-state index in [0.29, 0.717) is 18.7 Å². The zero-order valence-corrected chi connectivity index (χ0v) is 15.5. The molecule has 0 unspecified atom stereocenters. The number of imidazole rings is 1. The Bertz CT molecular complexity index is 964. The van der Waals surface area contributed by atoms with Gasteiger partial charge in [-0.3, -0.25) is 9.59 Å². The van der Waals surface area contributed by atoms with E-state index in [0.717, 1.165) is 24.1 Å². The molecule has 1 aromatic heterocycles. The summed E-state index contributed by atoms with van der Waals surface area (Å²) >= 11 is 0. The van der Waals surface area contributed by atoms with Crippen molar-refractivity contribution in [1.82, 2.24) is 14.9 Å². The van der Waals surface area contributed by atoms with Crippen LogP contribution < -0.4 is 10.2 Å². The molecule has 1 aliphatic heterocycles. The fourth-order valence-corrected chi connectivity index (χ4v) is 3.50. The number of hydrogen-bond acceptors (Lipinski definition) is 3. The third-order valence-corrected chi connectivity index (χ3v) is 4.95. The van der Waals surface area contributed by atoms with Gasteiger partial charge in [0.15, 0.2) is 0 Å². The van der Waals surface area contributed by atoms with Gasteiger partial charge in [0.05, 0.1) is 12.9 Å². The van der Waals surface area contributed by atoms with Crippen LogP contribution in [0.1, 0.15) is 27.9 Å². The Kier molecular flexibility index (Phi) is 5.19. The first-order valence-electron chi connectivity index (χ1n) is 9.42. The highest BCUT2D eigenvalue weighted by atomic mass is 16.2. The van der Waals surface area contributed by atoms with Crippen LogP contribution in [0.15, 0.2) is 67.3 Å². The molecule has 1 aliphatic rings. The van der Waals surface area contributed by atoms with Crippen LogP contribution >= 0.6 is 0 Å². The standard InChI is InChI=1S/C22H22N4O2/c27-21(26-12-3-5-18-4-1-2-6-20(18)26)14-24-22(28)19-9-7-17(8-10-19)15-25-13-11-23-16-25/h1-2,4,6-11,13,16H,3,5,12,14-15H2,(H,24,28). The van der Waals surface area contributed by atoms with Gasteiger partial charge >= 0.3 is 0 Å². The quantitative estimate of drug-likeness (QED) is 0.747. The fraction of sp³-hybridized carbons (Fsp3) is 0.227. The number of nitrogens with one attached hydrogen (secondary N) is 1. The van der Waals surface area contributed by atoms with E-state index in [1.165, 1.54) is 5.56 Å². The van der Waals surface area contributed by atoms with E-state index in [9.17, 15) is 9.59 Å². The highest BCUT2D eigenvalue weighted by Gasteiger charge is 2.22. The Labute approximate surface area is 163 Å². The first-order valence-corrected chi connectivity index (χ1v) is 9.42. The number of aryl methyl sites for hydroxylation is 1. The van der Waals surface area contributed by atoms with Crippen LogP contribution in [-0.2, 0) is 17.8 Å². The van der Waals surface area contributed by atoms with E-state index < -0.39 is 0 Å². The lowest BCUT2D eigenvalue weighted by Gasteiger charge is -2.29. The zero-order chi connectivity index (χ0) is 19.3. The highest BCUT2D eigenvalue weighted by molar-refractivity contribution is 6.00. The number of carbonyl (C=O) groups excluding carboxylic acids is 2. The maximum absolute atomic E-state index is 12.6. The molecule has 6 heteroatoms. The minimum atomic E-state index is -0.243. The number of anilines is 1. The largest absolute Gasteiger partial charge is 0.343 e. The number of nitrogens with zero attached hydrogens (tertiary/aromatic N) is 3. The second-order valence-electron chi connectivity index (χ2n) is 6.89. The van der Waals surface area contributed by atoms with Crippen molar-refractivity contribution >= 4 is 17.5 Å². The third-order valence-electron chi connectivity index (χ3n) is 4.95. The molecule has 0 atom stereocenters. The third kappa shape index (κ3) is 3.96. The predicted molar refractivity (Wildman–Crippen MR) is 107 cm³/mol. The average Bonchev–Trinajstić information content (AvgIpc) is 3.25. The van der Waals surface area contributed by atoms with Crippen LogP contribution in [0.4, 0.5) is 5.69 Å². The van der Waals surface area contributed by atoms with Gasteiger partial charge in [-0.2, -0.15) is 0 Å². The zero-order valence-electron chi connectivity index (χ0n) is 15.5. The summed E-state index contributed by atoms with van der Waals surface area (Å²) in [6, 6.07) is 15.3. The molecule has 28 heavy (non-hydrogen) atoms. The number of fused-ring (bicyclic) bond motifs is 1. The molecule has 4 rings (SSSR count). The van der Waals surface area contributed by atoms with Gasteiger partial charge in [0, 0.05) is 36.7 Å². The highest BCUT2D eigenvalue weighted by Crippen LogP contribution is 2.26. The van der Waals surface area contributed by atoms with Gasteiger partial charge in [-0.15, -0.1) is 0 Å². The van der Waals surface area contributed by atoms with Gasteiger partial charge in [0.25, 0.3) is 5.91 Å². The van der Waals surface area contributed by atoms with Crippen LogP contribution in [0.2, 0.25) is 0 Å². The lowest BCUT2D eigenvalue weighted by molar-refractivity contribution is -0.117. The molecule has 0 radical (unpaired) electrons. The molecule has 0 fully saturated rings. The molecule has 0 spiro atoms. The van der Waals surface area contributed by atoms with Crippen molar-refractivity contribution in [3.8, 4) is 0 Å². The second-order valence-corrected chi connectivity index (χ2v) is 6.89. The molecule has 1 N–H and O–H groups in total. The van der Waals surface area contributed by atoms with Crippen molar-refractivity contribution in [1.29, 1.82) is 0 Å². The van der Waals surface area contributed by atoms with Crippen molar-refractivity contribution in [2.24, 2.45) is 0 Å². The monoisotopic (exact) mass is 374 g/mol. The Morgan fingerprint density at radius 1 is 1.07 bits per heavy atom. The molecule has 2 heterocycles.